The molecule has 0 saturated heterocycles. The molecule has 0 spiro atoms. The van der Waals surface area contributed by atoms with Crippen molar-refractivity contribution in [2.24, 2.45) is 0 Å². The van der Waals surface area contributed by atoms with Crippen LogP contribution in [0.5, 0.6) is 0 Å². The van der Waals surface area contributed by atoms with Crippen molar-refractivity contribution in [3.63, 3.8) is 0 Å². The molecular weight excluding hydrogens is 219 g/mol. The van der Waals surface area contributed by atoms with Crippen LogP contribution in [0.3, 0.4) is 0 Å². The first-order valence-corrected chi connectivity index (χ1v) is 7.16. The molecule has 0 aliphatic rings. The third-order valence-electron chi connectivity index (χ3n) is 2.56. The standard InChI is InChI=1S/C14H23Si.Na/c1-13(2,3)15(14(4,5)6)12-10-8-7-9-11-12;/h7-11H,1-6H3;/q-1;+1. The van der Waals surface area contributed by atoms with Gasteiger partial charge in [0.15, 0.2) is 0 Å². The van der Waals surface area contributed by atoms with Crippen molar-refractivity contribution >= 4 is 14.0 Å². The first-order valence-electron chi connectivity index (χ1n) is 5.66. The second-order valence-electron chi connectivity index (χ2n) is 6.24. The van der Waals surface area contributed by atoms with Crippen LogP contribution in [0, 0.1) is 0 Å². The fourth-order valence-electron chi connectivity index (χ4n) is 2.60. The van der Waals surface area contributed by atoms with Crippen LogP contribution in [0.25, 0.3) is 0 Å². The van der Waals surface area contributed by atoms with Gasteiger partial charge in [-0.1, -0.05) is 71.9 Å². The van der Waals surface area contributed by atoms with Crippen LogP contribution < -0.4 is 34.7 Å². The molecule has 0 fully saturated rings. The van der Waals surface area contributed by atoms with Crippen molar-refractivity contribution in [1.82, 2.24) is 0 Å². The van der Waals surface area contributed by atoms with Gasteiger partial charge in [0.05, 0.1) is 0 Å². The quantitative estimate of drug-likeness (QED) is 0.644. The molecule has 0 saturated carbocycles. The summed E-state index contributed by atoms with van der Waals surface area (Å²) in [6, 6.07) is 11.0. The maximum Gasteiger partial charge on any atom is 1.00 e. The van der Waals surface area contributed by atoms with Gasteiger partial charge in [-0.15, -0.1) is 0 Å². The van der Waals surface area contributed by atoms with E-state index in [4.69, 9.17) is 0 Å². The first kappa shape index (κ1) is 16.4. The molecule has 0 radical (unpaired) electrons. The smallest absolute Gasteiger partial charge is 0.272 e. The molecule has 0 aliphatic heterocycles. The monoisotopic (exact) mass is 242 g/mol. The van der Waals surface area contributed by atoms with Crippen LogP contribution in [0.1, 0.15) is 41.5 Å². The van der Waals surface area contributed by atoms with E-state index in [0.717, 1.165) is 0 Å². The number of hydrogen-bond donors (Lipinski definition) is 0. The molecule has 0 aliphatic carbocycles. The Labute approximate surface area is 125 Å². The molecule has 0 N–H and O–H groups in total. The van der Waals surface area contributed by atoms with Crippen molar-refractivity contribution in [3.05, 3.63) is 30.3 Å². The summed E-state index contributed by atoms with van der Waals surface area (Å²) in [5.41, 5.74) is 0. The van der Waals surface area contributed by atoms with Gasteiger partial charge in [-0.3, -0.25) is 8.80 Å². The van der Waals surface area contributed by atoms with E-state index in [2.05, 4.69) is 71.9 Å². The molecule has 0 bridgehead atoms. The Balaban J connectivity index is 0.00000225. The van der Waals surface area contributed by atoms with Crippen LogP contribution in [0.4, 0.5) is 0 Å². The average molecular weight is 242 g/mol. The maximum atomic E-state index is 2.37. The van der Waals surface area contributed by atoms with E-state index < -0.39 is 8.80 Å². The summed E-state index contributed by atoms with van der Waals surface area (Å²) in [4.78, 5) is 0. The molecule has 0 unspecified atom stereocenters. The van der Waals surface area contributed by atoms with Crippen molar-refractivity contribution in [2.75, 3.05) is 0 Å². The Bertz CT molecular complexity index is 292. The first-order chi connectivity index (χ1) is 6.73. The van der Waals surface area contributed by atoms with Crippen LogP contribution in [0.2, 0.25) is 10.1 Å². The topological polar surface area (TPSA) is 0 Å². The fourth-order valence-corrected chi connectivity index (χ4v) is 7.10. The molecule has 0 aromatic heterocycles. The van der Waals surface area contributed by atoms with Crippen molar-refractivity contribution in [3.8, 4) is 0 Å². The Morgan fingerprint density at radius 2 is 1.12 bits per heavy atom. The number of rotatable bonds is 1. The molecule has 16 heavy (non-hydrogen) atoms. The van der Waals surface area contributed by atoms with Gasteiger partial charge in [-0.25, -0.2) is 0 Å². The summed E-state index contributed by atoms with van der Waals surface area (Å²) in [5.74, 6) is 0. The largest absolute Gasteiger partial charge is 1.00 e. The van der Waals surface area contributed by atoms with E-state index in [1.54, 1.807) is 5.19 Å². The zero-order chi connectivity index (χ0) is 11.7. The summed E-state index contributed by atoms with van der Waals surface area (Å²) < 4.78 is 0. The Morgan fingerprint density at radius 1 is 0.750 bits per heavy atom. The number of benzene rings is 1. The molecule has 1 aromatic rings. The molecule has 0 atom stereocenters. The molecule has 0 heterocycles. The number of hydrogen-bond acceptors (Lipinski definition) is 0. The summed E-state index contributed by atoms with van der Waals surface area (Å²) in [6.45, 7) is 14.2. The molecule has 2 heteroatoms. The van der Waals surface area contributed by atoms with Crippen molar-refractivity contribution < 1.29 is 29.6 Å². The summed E-state index contributed by atoms with van der Waals surface area (Å²) in [7, 11) is -0.553. The van der Waals surface area contributed by atoms with Gasteiger partial charge in [-0.05, 0) is 0 Å². The predicted octanol–water partition coefficient (Wildman–Crippen LogP) is 0.993. The van der Waals surface area contributed by atoms with E-state index in [9.17, 15) is 0 Å². The zero-order valence-electron chi connectivity index (χ0n) is 11.9. The average Bonchev–Trinajstić information content (AvgIpc) is 2.00. The maximum absolute atomic E-state index is 2.37. The minimum absolute atomic E-state index is 0. The second-order valence-corrected chi connectivity index (χ2v) is 10.6. The van der Waals surface area contributed by atoms with Crippen LogP contribution in [-0.2, 0) is 0 Å². The van der Waals surface area contributed by atoms with Gasteiger partial charge in [0.2, 0.25) is 0 Å². The van der Waals surface area contributed by atoms with Crippen LogP contribution in [0.15, 0.2) is 30.3 Å². The second kappa shape index (κ2) is 5.86. The van der Waals surface area contributed by atoms with Crippen molar-refractivity contribution in [2.45, 2.75) is 51.6 Å². The molecule has 1 aromatic carbocycles. The molecule has 84 valence electrons. The summed E-state index contributed by atoms with van der Waals surface area (Å²) in [5, 5.41) is 2.37. The van der Waals surface area contributed by atoms with Gasteiger partial charge in [-0.2, -0.15) is 15.3 Å². The van der Waals surface area contributed by atoms with E-state index in [0.29, 0.717) is 10.1 Å². The van der Waals surface area contributed by atoms with E-state index in [-0.39, 0.29) is 29.6 Å². The fraction of sp³-hybridized carbons (Fsp3) is 0.571. The molecular formula is C14H23NaSi. The van der Waals surface area contributed by atoms with Crippen LogP contribution >= 0.6 is 0 Å². The van der Waals surface area contributed by atoms with E-state index in [1.165, 1.54) is 0 Å². The zero-order valence-corrected chi connectivity index (χ0v) is 14.9. The Morgan fingerprint density at radius 3 is 1.44 bits per heavy atom. The molecule has 0 nitrogen and oxygen atoms in total. The predicted molar refractivity (Wildman–Crippen MR) is 71.3 cm³/mol. The Hall–Kier alpha value is 0.437. The minimum Gasteiger partial charge on any atom is -0.272 e. The van der Waals surface area contributed by atoms with Crippen LogP contribution in [-0.4, -0.2) is 8.80 Å². The SMILES string of the molecule is CC(C)(C)[Si-](c1ccccc1)C(C)(C)C.[Na+]. The summed E-state index contributed by atoms with van der Waals surface area (Å²) >= 11 is 0. The van der Waals surface area contributed by atoms with Gasteiger partial charge in [0.25, 0.3) is 0 Å². The van der Waals surface area contributed by atoms with E-state index in [1.807, 2.05) is 0 Å². The molecule has 1 rings (SSSR count). The Kier molecular flexibility index (Phi) is 6.02. The van der Waals surface area contributed by atoms with Gasteiger partial charge < -0.3 is 0 Å². The van der Waals surface area contributed by atoms with Gasteiger partial charge >= 0.3 is 29.6 Å². The third-order valence-corrected chi connectivity index (χ3v) is 6.47. The normalized spacial score (nSPS) is 11.9. The third kappa shape index (κ3) is 4.36. The van der Waals surface area contributed by atoms with Gasteiger partial charge in [0.1, 0.15) is 0 Å². The minimum atomic E-state index is -0.553. The summed E-state index contributed by atoms with van der Waals surface area (Å²) in [6.07, 6.45) is 0. The van der Waals surface area contributed by atoms with E-state index >= 15 is 0 Å². The van der Waals surface area contributed by atoms with Gasteiger partial charge in [0, 0.05) is 0 Å². The molecule has 0 amide bonds. The van der Waals surface area contributed by atoms with Crippen molar-refractivity contribution in [1.29, 1.82) is 0 Å².